The molecule has 0 fully saturated rings. The van der Waals surface area contributed by atoms with Gasteiger partial charge < -0.3 is 4.74 Å². The molecule has 3 aromatic carbocycles. The highest BCUT2D eigenvalue weighted by Crippen LogP contribution is 2.50. The molecular weight excluding hydrogens is 380 g/mol. The molecule has 2 atom stereocenters. The van der Waals surface area contributed by atoms with Gasteiger partial charge in [0.2, 0.25) is 0 Å². The number of esters is 1. The lowest BCUT2D eigenvalue weighted by atomic mass is 9.72. The maximum Gasteiger partial charge on any atom is 0.327 e. The van der Waals surface area contributed by atoms with Crippen molar-refractivity contribution >= 4 is 16.8 Å². The van der Waals surface area contributed by atoms with Crippen molar-refractivity contribution in [2.75, 3.05) is 0 Å². The van der Waals surface area contributed by atoms with Crippen molar-refractivity contribution in [3.8, 4) is 5.75 Å². The number of hydrogen-bond acceptors (Lipinski definition) is 3. The van der Waals surface area contributed by atoms with E-state index in [2.05, 4.69) is 6.58 Å². The molecule has 2 unspecified atom stereocenters. The zero-order chi connectivity index (χ0) is 20.6. The molecule has 4 rings (SSSR count). The van der Waals surface area contributed by atoms with E-state index in [1.807, 2.05) is 86.6 Å². The van der Waals surface area contributed by atoms with E-state index in [4.69, 9.17) is 4.74 Å². The van der Waals surface area contributed by atoms with E-state index in [1.165, 1.54) is 0 Å². The Kier molecular flexibility index (Phi) is 4.97. The minimum atomic E-state index is -1.43. The summed E-state index contributed by atoms with van der Waals surface area (Å²) in [5.41, 5.74) is 2.54. The van der Waals surface area contributed by atoms with Crippen LogP contribution in [0.15, 0.2) is 89.2 Å². The largest absolute Gasteiger partial charge is 0.425 e. The third-order valence-electron chi connectivity index (χ3n) is 5.37. The molecule has 0 saturated heterocycles. The van der Waals surface area contributed by atoms with Crippen LogP contribution in [0.5, 0.6) is 5.75 Å². The van der Waals surface area contributed by atoms with Crippen LogP contribution in [0.25, 0.3) is 0 Å². The van der Waals surface area contributed by atoms with Crippen molar-refractivity contribution in [1.82, 2.24) is 0 Å². The van der Waals surface area contributed by atoms with Gasteiger partial charge in [-0.25, -0.2) is 4.21 Å². The lowest BCUT2D eigenvalue weighted by molar-refractivity contribution is -0.136. The van der Waals surface area contributed by atoms with Crippen molar-refractivity contribution in [2.45, 2.75) is 30.6 Å². The average molecular weight is 403 g/mol. The summed E-state index contributed by atoms with van der Waals surface area (Å²) in [6.07, 6.45) is 0.216. The predicted molar refractivity (Wildman–Crippen MR) is 115 cm³/mol. The number of aryl methyl sites for hydroxylation is 2. The molecule has 1 aliphatic rings. The molecule has 1 heterocycles. The molecule has 0 radical (unpaired) electrons. The van der Waals surface area contributed by atoms with Crippen LogP contribution in [-0.4, -0.2) is 10.2 Å². The summed E-state index contributed by atoms with van der Waals surface area (Å²) >= 11 is 0. The van der Waals surface area contributed by atoms with Gasteiger partial charge in [0.15, 0.2) is 0 Å². The second-order valence-corrected chi connectivity index (χ2v) is 9.00. The number of rotatable bonds is 5. The zero-order valence-electron chi connectivity index (χ0n) is 16.5. The van der Waals surface area contributed by atoms with Crippen LogP contribution in [0.1, 0.15) is 28.7 Å². The molecule has 0 N–H and O–H groups in total. The Morgan fingerprint density at radius 2 is 1.62 bits per heavy atom. The van der Waals surface area contributed by atoms with Gasteiger partial charge in [-0.1, -0.05) is 72.8 Å². The van der Waals surface area contributed by atoms with Crippen LogP contribution in [0, 0.1) is 13.8 Å². The van der Waals surface area contributed by atoms with Crippen LogP contribution in [0.3, 0.4) is 0 Å². The highest BCUT2D eigenvalue weighted by Gasteiger charge is 2.51. The summed E-state index contributed by atoms with van der Waals surface area (Å²) in [7, 11) is -1.43. The van der Waals surface area contributed by atoms with Gasteiger partial charge >= 0.3 is 5.97 Å². The quantitative estimate of drug-likeness (QED) is 0.434. The Hall–Kier alpha value is -2.98. The van der Waals surface area contributed by atoms with Crippen LogP contribution in [0.2, 0.25) is 0 Å². The van der Waals surface area contributed by atoms with Gasteiger partial charge in [-0.2, -0.15) is 0 Å². The van der Waals surface area contributed by atoms with Gasteiger partial charge in [0.1, 0.15) is 11.2 Å². The molecular formula is C25H22O3S. The highest BCUT2D eigenvalue weighted by molar-refractivity contribution is 7.89. The SMILES string of the molecule is C=C(CC1(c2ccccc2)C(=O)Oc2c(C)cc(C)cc21)S(=O)c1ccccc1. The fourth-order valence-electron chi connectivity index (χ4n) is 4.03. The molecule has 146 valence electrons. The van der Waals surface area contributed by atoms with E-state index in [0.717, 1.165) is 22.3 Å². The van der Waals surface area contributed by atoms with E-state index < -0.39 is 16.2 Å². The first-order chi connectivity index (χ1) is 13.9. The highest BCUT2D eigenvalue weighted by atomic mass is 32.2. The molecule has 0 amide bonds. The summed E-state index contributed by atoms with van der Waals surface area (Å²) < 4.78 is 18.9. The third-order valence-corrected chi connectivity index (χ3v) is 6.74. The first-order valence-corrected chi connectivity index (χ1v) is 10.6. The van der Waals surface area contributed by atoms with Gasteiger partial charge in [0.05, 0.1) is 10.8 Å². The molecule has 0 aliphatic carbocycles. The maximum absolute atomic E-state index is 13.3. The van der Waals surface area contributed by atoms with Crippen LogP contribution >= 0.6 is 0 Å². The number of ether oxygens (including phenoxy) is 1. The molecule has 4 heteroatoms. The first kappa shape index (κ1) is 19.3. The number of allylic oxidation sites excluding steroid dienone is 1. The molecule has 3 nitrogen and oxygen atoms in total. The smallest absolute Gasteiger partial charge is 0.327 e. The zero-order valence-corrected chi connectivity index (χ0v) is 17.3. The lowest BCUT2D eigenvalue weighted by Gasteiger charge is -2.27. The first-order valence-electron chi connectivity index (χ1n) is 9.47. The molecule has 3 aromatic rings. The third kappa shape index (κ3) is 3.23. The molecule has 0 bridgehead atoms. The number of carbonyl (C=O) groups excluding carboxylic acids is 1. The van der Waals surface area contributed by atoms with Gasteiger partial charge in [0, 0.05) is 21.8 Å². The summed E-state index contributed by atoms with van der Waals surface area (Å²) in [6, 6.07) is 22.8. The number of fused-ring (bicyclic) bond motifs is 1. The molecule has 0 spiro atoms. The van der Waals surface area contributed by atoms with Crippen LogP contribution in [0.4, 0.5) is 0 Å². The van der Waals surface area contributed by atoms with Crippen molar-refractivity contribution in [2.24, 2.45) is 0 Å². The summed E-state index contributed by atoms with van der Waals surface area (Å²) in [6.45, 7) is 8.05. The summed E-state index contributed by atoms with van der Waals surface area (Å²) in [5.74, 6) is 0.251. The lowest BCUT2D eigenvalue weighted by Crippen LogP contribution is -2.36. The minimum absolute atomic E-state index is 0.216. The van der Waals surface area contributed by atoms with E-state index in [-0.39, 0.29) is 12.4 Å². The Labute approximate surface area is 173 Å². The Bertz CT molecular complexity index is 1120. The predicted octanol–water partition coefficient (Wildman–Crippen LogP) is 5.22. The van der Waals surface area contributed by atoms with Gasteiger partial charge in [-0.3, -0.25) is 4.79 Å². The monoisotopic (exact) mass is 402 g/mol. The molecule has 1 aliphatic heterocycles. The van der Waals surface area contributed by atoms with Crippen LogP contribution < -0.4 is 4.74 Å². The Balaban J connectivity index is 1.86. The Morgan fingerprint density at radius 3 is 2.28 bits per heavy atom. The molecule has 0 saturated carbocycles. The number of carbonyl (C=O) groups is 1. The summed E-state index contributed by atoms with van der Waals surface area (Å²) in [5, 5.41) is 0. The minimum Gasteiger partial charge on any atom is -0.425 e. The second-order valence-electron chi connectivity index (χ2n) is 7.42. The maximum atomic E-state index is 13.3. The fourth-order valence-corrected chi connectivity index (χ4v) is 5.12. The van der Waals surface area contributed by atoms with E-state index >= 15 is 0 Å². The van der Waals surface area contributed by atoms with Crippen molar-refractivity contribution < 1.29 is 13.7 Å². The fraction of sp³-hybridized carbons (Fsp3) is 0.160. The number of hydrogen-bond donors (Lipinski definition) is 0. The Morgan fingerprint density at radius 1 is 1.00 bits per heavy atom. The van der Waals surface area contributed by atoms with Crippen molar-refractivity contribution in [3.05, 3.63) is 107 Å². The van der Waals surface area contributed by atoms with E-state index in [9.17, 15) is 9.00 Å². The topological polar surface area (TPSA) is 43.4 Å². The van der Waals surface area contributed by atoms with E-state index in [1.54, 1.807) is 0 Å². The average Bonchev–Trinajstić information content (AvgIpc) is 3.01. The molecule has 0 aromatic heterocycles. The van der Waals surface area contributed by atoms with Gasteiger partial charge in [-0.05, 0) is 37.1 Å². The second kappa shape index (κ2) is 7.45. The summed E-state index contributed by atoms with van der Waals surface area (Å²) in [4.78, 5) is 14.5. The van der Waals surface area contributed by atoms with Crippen LogP contribution in [-0.2, 0) is 21.0 Å². The normalized spacial score (nSPS) is 18.8. The van der Waals surface area contributed by atoms with E-state index in [0.29, 0.717) is 15.6 Å². The standard InChI is InChI=1S/C25H22O3S/c1-17-14-18(2)23-22(15-17)25(24(26)28-23,20-10-6-4-7-11-20)16-19(3)29(27)21-12-8-5-9-13-21/h4-15H,3,16H2,1-2H3. The molecule has 29 heavy (non-hydrogen) atoms. The van der Waals surface area contributed by atoms with Crippen molar-refractivity contribution in [1.29, 1.82) is 0 Å². The van der Waals surface area contributed by atoms with Crippen molar-refractivity contribution in [3.63, 3.8) is 0 Å². The number of benzene rings is 3. The van der Waals surface area contributed by atoms with Gasteiger partial charge in [0.25, 0.3) is 0 Å². The van der Waals surface area contributed by atoms with Gasteiger partial charge in [-0.15, -0.1) is 0 Å².